The van der Waals surface area contributed by atoms with Gasteiger partial charge in [-0.05, 0) is 64.6 Å². The van der Waals surface area contributed by atoms with Gasteiger partial charge < -0.3 is 57.2 Å². The van der Waals surface area contributed by atoms with Gasteiger partial charge in [-0.2, -0.15) is 0 Å². The molecule has 3 aromatic rings. The average Bonchev–Trinajstić information content (AvgIpc) is 3.40. The summed E-state index contributed by atoms with van der Waals surface area (Å²) in [6.45, 7) is 2.69. The molecule has 17 atom stereocenters. The van der Waals surface area contributed by atoms with Crippen LogP contribution in [0, 0.1) is 0 Å². The molecule has 0 bridgehead atoms. The standard InChI is InChI=1S/C45H55N15O12/c1-44(62-3)45(2,63-4)72-39-33(55-60-50)42(67-32(22-52-57-47)38(39)71-44)69-35-29(53-58-48)20-30(54-59-49)36(34(35)61)70-43-41(66-25-28-18-12-7-13-19-28)40(65-24-27-16-10-6-11-17-27)37(31(68-43)21-51-56-46)64-23-26-14-8-5-9-15-26/h5-19,29-43,61H,20-25H2,1-4H3/t29-,30+,31+,32+,33+,34-,35+,36-,37+,38+,39+,40-,41-,42+,43+,44-,45-/m0/s1. The Labute approximate surface area is 412 Å². The van der Waals surface area contributed by atoms with Crippen molar-refractivity contribution in [1.29, 1.82) is 0 Å². The Balaban J connectivity index is 1.27. The summed E-state index contributed by atoms with van der Waals surface area (Å²) < 4.78 is 70.6. The van der Waals surface area contributed by atoms with Gasteiger partial charge >= 0.3 is 0 Å². The Hall–Kier alpha value is -6.27. The maximum atomic E-state index is 12.6. The number of azide groups is 5. The van der Waals surface area contributed by atoms with Gasteiger partial charge in [0.25, 0.3) is 0 Å². The van der Waals surface area contributed by atoms with E-state index in [4.69, 9.17) is 52.1 Å². The zero-order chi connectivity index (χ0) is 51.1. The van der Waals surface area contributed by atoms with Crippen LogP contribution < -0.4 is 0 Å². The summed E-state index contributed by atoms with van der Waals surface area (Å²) in [6.07, 6.45) is -16.0. The molecule has 27 heteroatoms. The molecule has 3 heterocycles. The lowest BCUT2D eigenvalue weighted by Gasteiger charge is -2.57. The third-order valence-electron chi connectivity index (χ3n) is 13.1. The Morgan fingerprint density at radius 1 is 0.542 bits per heavy atom. The van der Waals surface area contributed by atoms with Crippen LogP contribution in [-0.4, -0.2) is 136 Å². The Kier molecular flexibility index (Phi) is 18.9. The van der Waals surface area contributed by atoms with E-state index in [1.54, 1.807) is 13.8 Å². The lowest BCUT2D eigenvalue weighted by molar-refractivity contribution is -0.471. The molecular formula is C45H55N15O12. The van der Waals surface area contributed by atoms with Gasteiger partial charge in [-0.3, -0.25) is 0 Å². The molecule has 1 aliphatic carbocycles. The van der Waals surface area contributed by atoms with E-state index in [0.29, 0.717) is 0 Å². The van der Waals surface area contributed by atoms with Gasteiger partial charge in [-0.25, -0.2) is 0 Å². The fraction of sp³-hybridized carbons (Fsp3) is 0.600. The lowest BCUT2D eigenvalue weighted by atomic mass is 9.84. The zero-order valence-electron chi connectivity index (χ0n) is 39.7. The molecule has 4 aliphatic rings. The van der Waals surface area contributed by atoms with Crippen LogP contribution in [0.5, 0.6) is 0 Å². The number of fused-ring (bicyclic) bond motifs is 1. The first-order chi connectivity index (χ1) is 35.0. The largest absolute Gasteiger partial charge is 0.388 e. The number of aliphatic hydroxyl groups is 1. The smallest absolute Gasteiger partial charge is 0.220 e. The third-order valence-corrected chi connectivity index (χ3v) is 13.1. The van der Waals surface area contributed by atoms with E-state index in [1.165, 1.54) is 14.2 Å². The van der Waals surface area contributed by atoms with Crippen LogP contribution >= 0.6 is 0 Å². The number of hydrogen-bond acceptors (Lipinski definition) is 17. The summed E-state index contributed by atoms with van der Waals surface area (Å²) in [5.41, 5.74) is 51.0. The van der Waals surface area contributed by atoms with Crippen LogP contribution in [-0.2, 0) is 71.9 Å². The fourth-order valence-electron chi connectivity index (χ4n) is 9.21. The van der Waals surface area contributed by atoms with Gasteiger partial charge in [0.1, 0.15) is 42.7 Å². The highest BCUT2D eigenvalue weighted by Gasteiger charge is 2.63. The highest BCUT2D eigenvalue weighted by molar-refractivity contribution is 5.16. The van der Waals surface area contributed by atoms with E-state index in [9.17, 15) is 32.8 Å². The van der Waals surface area contributed by atoms with Gasteiger partial charge in [-0.15, -0.1) is 0 Å². The Bertz CT molecular complexity index is 2480. The topological polar surface area (TPSA) is 366 Å². The van der Waals surface area contributed by atoms with Gasteiger partial charge in [0.2, 0.25) is 11.6 Å². The van der Waals surface area contributed by atoms with E-state index in [2.05, 4.69) is 50.1 Å². The maximum Gasteiger partial charge on any atom is 0.220 e. The molecule has 3 aromatic carbocycles. The van der Waals surface area contributed by atoms with Crippen LogP contribution in [0.3, 0.4) is 0 Å². The molecule has 0 amide bonds. The van der Waals surface area contributed by atoms with Crippen molar-refractivity contribution in [3.8, 4) is 0 Å². The summed E-state index contributed by atoms with van der Waals surface area (Å²) >= 11 is 0. The summed E-state index contributed by atoms with van der Waals surface area (Å²) in [5, 5.41) is 32.0. The van der Waals surface area contributed by atoms with Crippen molar-refractivity contribution >= 4 is 0 Å². The van der Waals surface area contributed by atoms with E-state index < -0.39 is 103 Å². The predicted octanol–water partition coefficient (Wildman–Crippen LogP) is 7.89. The van der Waals surface area contributed by atoms with Crippen molar-refractivity contribution in [3.05, 3.63) is 160 Å². The molecule has 0 aromatic heterocycles. The third kappa shape index (κ3) is 12.3. The molecule has 382 valence electrons. The van der Waals surface area contributed by atoms with E-state index in [-0.39, 0.29) is 39.3 Å². The van der Waals surface area contributed by atoms with Crippen LogP contribution in [0.4, 0.5) is 0 Å². The van der Waals surface area contributed by atoms with Gasteiger partial charge in [-0.1, -0.05) is 117 Å². The van der Waals surface area contributed by atoms with Crippen molar-refractivity contribution in [2.24, 2.45) is 25.6 Å². The molecular weight excluding hydrogens is 943 g/mol. The average molecular weight is 998 g/mol. The molecule has 72 heavy (non-hydrogen) atoms. The van der Waals surface area contributed by atoms with Gasteiger partial charge in [0.15, 0.2) is 12.6 Å². The molecule has 27 nitrogen and oxygen atoms in total. The van der Waals surface area contributed by atoms with Crippen LogP contribution in [0.25, 0.3) is 52.2 Å². The van der Waals surface area contributed by atoms with E-state index in [0.717, 1.165) is 16.7 Å². The summed E-state index contributed by atoms with van der Waals surface area (Å²) in [7, 11) is 2.73. The lowest BCUT2D eigenvalue weighted by Crippen LogP contribution is -2.73. The first kappa shape index (κ1) is 53.5. The predicted molar refractivity (Wildman–Crippen MR) is 250 cm³/mol. The second kappa shape index (κ2) is 25.4. The summed E-state index contributed by atoms with van der Waals surface area (Å²) in [4.78, 5) is 15.0. The van der Waals surface area contributed by atoms with Crippen LogP contribution in [0.1, 0.15) is 37.0 Å². The zero-order valence-corrected chi connectivity index (χ0v) is 39.7. The molecule has 7 rings (SSSR count). The number of aliphatic hydroxyl groups excluding tert-OH is 1. The molecule has 0 spiro atoms. The first-order valence-electron chi connectivity index (χ1n) is 22.9. The molecule has 1 saturated carbocycles. The Morgan fingerprint density at radius 2 is 0.972 bits per heavy atom. The fourth-order valence-corrected chi connectivity index (χ4v) is 9.21. The number of benzene rings is 3. The monoisotopic (exact) mass is 997 g/mol. The number of nitrogens with zero attached hydrogens (tertiary/aromatic N) is 15. The quantitative estimate of drug-likeness (QED) is 0.0570. The molecule has 1 N–H and O–H groups in total. The van der Waals surface area contributed by atoms with Gasteiger partial charge in [0.05, 0.1) is 69.4 Å². The van der Waals surface area contributed by atoms with Gasteiger partial charge in [0, 0.05) is 38.8 Å². The minimum atomic E-state index is -1.84. The summed E-state index contributed by atoms with van der Waals surface area (Å²) in [5.74, 6) is -3.19. The SMILES string of the molecule is CO[C@@]1(C)O[C@@H]2[C@@H](N=[N+]=[N-])[C@@H](O[C@H]3[C@H](O)[C@@H](O[C@H]4O[C@H](CN=[N+]=[N-])[C@@H](OCc5ccccc5)[C@H](OCc5ccccc5)[C@@H]4OCc4ccccc4)[C@H](N=[N+]=[N-])C[C@@H]3N=[N+]=[N-])O[C@H](CN=[N+]=[N-])[C@H]2O[C@]1(C)OC. The van der Waals surface area contributed by atoms with Crippen molar-refractivity contribution in [1.82, 2.24) is 0 Å². The van der Waals surface area contributed by atoms with E-state index in [1.807, 2.05) is 91.0 Å². The normalized spacial score (nSPS) is 35.1. The highest BCUT2D eigenvalue weighted by atomic mass is 16.8. The summed E-state index contributed by atoms with van der Waals surface area (Å²) in [6, 6.07) is 24.1. The van der Waals surface area contributed by atoms with Crippen molar-refractivity contribution < 1.29 is 57.2 Å². The Morgan fingerprint density at radius 3 is 1.44 bits per heavy atom. The maximum absolute atomic E-state index is 12.6. The van der Waals surface area contributed by atoms with Crippen LogP contribution in [0.2, 0.25) is 0 Å². The van der Waals surface area contributed by atoms with Crippen molar-refractivity contribution in [3.63, 3.8) is 0 Å². The van der Waals surface area contributed by atoms with Crippen molar-refractivity contribution in [2.45, 2.75) is 143 Å². The molecule has 0 unspecified atom stereocenters. The van der Waals surface area contributed by atoms with E-state index >= 15 is 0 Å². The number of hydrogen-bond donors (Lipinski definition) is 1. The number of rotatable bonds is 22. The molecule has 3 saturated heterocycles. The minimum absolute atomic E-state index is 0.0143. The highest BCUT2D eigenvalue weighted by Crippen LogP contribution is 2.46. The minimum Gasteiger partial charge on any atom is -0.388 e. The second-order valence-electron chi connectivity index (χ2n) is 17.3. The molecule has 0 radical (unpaired) electrons. The molecule has 3 aliphatic heterocycles. The van der Waals surface area contributed by atoms with Crippen molar-refractivity contribution in [2.75, 3.05) is 27.3 Å². The number of ether oxygens (including phenoxy) is 11. The first-order valence-corrected chi connectivity index (χ1v) is 22.9. The van der Waals surface area contributed by atoms with Crippen LogP contribution in [0.15, 0.2) is 117 Å². The number of methoxy groups -OCH3 is 2. The molecule has 4 fully saturated rings. The second-order valence-corrected chi connectivity index (χ2v) is 17.3.